The zero-order chi connectivity index (χ0) is 15.2. The lowest BCUT2D eigenvalue weighted by Gasteiger charge is -2.07. The molecular weight excluding hydrogens is 292 g/mol. The van der Waals surface area contributed by atoms with Gasteiger partial charge in [-0.05, 0) is 36.4 Å². The first-order valence-electron chi connectivity index (χ1n) is 6.29. The zero-order valence-corrected chi connectivity index (χ0v) is 12.0. The number of rotatable bonds is 4. The fourth-order valence-corrected chi connectivity index (χ4v) is 1.62. The molecule has 0 fully saturated rings. The average molecular weight is 305 g/mol. The molecule has 0 radical (unpaired) electrons. The molecule has 0 spiro atoms. The first kappa shape index (κ1) is 14.9. The van der Waals surface area contributed by atoms with E-state index in [0.29, 0.717) is 17.8 Å². The van der Waals surface area contributed by atoms with Crippen LogP contribution in [0.1, 0.15) is 23.8 Å². The third-order valence-electron chi connectivity index (χ3n) is 2.61. The highest BCUT2D eigenvalue weighted by atomic mass is 35.5. The summed E-state index contributed by atoms with van der Waals surface area (Å²) in [5, 5.41) is 12.9. The van der Waals surface area contributed by atoms with Crippen LogP contribution in [0.15, 0.2) is 36.4 Å². The first-order valence-corrected chi connectivity index (χ1v) is 6.67. The van der Waals surface area contributed by atoms with E-state index in [9.17, 15) is 9.59 Å². The summed E-state index contributed by atoms with van der Waals surface area (Å²) in [5.41, 5.74) is 1.43. The van der Waals surface area contributed by atoms with Gasteiger partial charge < -0.3 is 10.6 Å². The van der Waals surface area contributed by atoms with Crippen molar-refractivity contribution in [2.24, 2.45) is 0 Å². The Morgan fingerprint density at radius 3 is 2.14 bits per heavy atom. The summed E-state index contributed by atoms with van der Waals surface area (Å²) in [5.74, 6) is -0.451. The third-order valence-corrected chi connectivity index (χ3v) is 2.81. The lowest BCUT2D eigenvalue weighted by atomic mass is 10.2. The standard InChI is InChI=1S/C14H13ClN4O2/c1-2-13(20)16-9-3-5-10(6-4-9)17-14(21)11-7-8-12(15)19-18-11/h3-8H,2H2,1H3,(H,16,20)(H,17,21). The molecule has 0 saturated heterocycles. The number of carbonyl (C=O) groups is 2. The minimum atomic E-state index is -0.385. The van der Waals surface area contributed by atoms with E-state index in [1.807, 2.05) is 0 Å². The SMILES string of the molecule is CCC(=O)Nc1ccc(NC(=O)c2ccc(Cl)nn2)cc1. The van der Waals surface area contributed by atoms with E-state index in [4.69, 9.17) is 11.6 Å². The maximum Gasteiger partial charge on any atom is 0.276 e. The van der Waals surface area contributed by atoms with Gasteiger partial charge in [0.05, 0.1) is 0 Å². The fraction of sp³-hybridized carbons (Fsp3) is 0.143. The maximum atomic E-state index is 11.9. The number of amides is 2. The predicted molar refractivity (Wildman–Crippen MR) is 80.4 cm³/mol. The second kappa shape index (κ2) is 6.81. The Morgan fingerprint density at radius 2 is 1.62 bits per heavy atom. The molecule has 0 atom stereocenters. The number of nitrogens with zero attached hydrogens (tertiary/aromatic N) is 2. The van der Waals surface area contributed by atoms with Gasteiger partial charge in [-0.2, -0.15) is 0 Å². The van der Waals surface area contributed by atoms with Crippen molar-refractivity contribution in [3.05, 3.63) is 47.2 Å². The lowest BCUT2D eigenvalue weighted by Crippen LogP contribution is -2.14. The van der Waals surface area contributed by atoms with Gasteiger partial charge in [0.25, 0.3) is 5.91 Å². The number of hydrogen-bond donors (Lipinski definition) is 2. The Hall–Kier alpha value is -2.47. The van der Waals surface area contributed by atoms with Crippen LogP contribution in [-0.4, -0.2) is 22.0 Å². The van der Waals surface area contributed by atoms with Crippen LogP contribution < -0.4 is 10.6 Å². The van der Waals surface area contributed by atoms with Crippen molar-refractivity contribution >= 4 is 34.8 Å². The Bertz CT molecular complexity index is 641. The van der Waals surface area contributed by atoms with Crippen molar-refractivity contribution in [2.75, 3.05) is 10.6 Å². The van der Waals surface area contributed by atoms with E-state index >= 15 is 0 Å². The zero-order valence-electron chi connectivity index (χ0n) is 11.3. The Balaban J connectivity index is 2.01. The van der Waals surface area contributed by atoms with Crippen molar-refractivity contribution < 1.29 is 9.59 Å². The summed E-state index contributed by atoms with van der Waals surface area (Å²) in [6.45, 7) is 1.77. The molecule has 0 saturated carbocycles. The highest BCUT2D eigenvalue weighted by molar-refractivity contribution is 6.29. The number of aromatic nitrogens is 2. The monoisotopic (exact) mass is 304 g/mol. The molecule has 108 valence electrons. The van der Waals surface area contributed by atoms with Crippen LogP contribution in [0.4, 0.5) is 11.4 Å². The number of benzene rings is 1. The molecule has 1 heterocycles. The maximum absolute atomic E-state index is 11.9. The smallest absolute Gasteiger partial charge is 0.276 e. The minimum Gasteiger partial charge on any atom is -0.326 e. The molecular formula is C14H13ClN4O2. The molecule has 0 aliphatic heterocycles. The molecule has 1 aromatic carbocycles. The highest BCUT2D eigenvalue weighted by Gasteiger charge is 2.08. The van der Waals surface area contributed by atoms with Crippen molar-refractivity contribution in [3.63, 3.8) is 0 Å². The minimum absolute atomic E-state index is 0.0665. The van der Waals surface area contributed by atoms with Gasteiger partial charge in [0.1, 0.15) is 0 Å². The van der Waals surface area contributed by atoms with Gasteiger partial charge in [-0.1, -0.05) is 18.5 Å². The molecule has 0 aliphatic carbocycles. The van der Waals surface area contributed by atoms with Crippen molar-refractivity contribution in [2.45, 2.75) is 13.3 Å². The summed E-state index contributed by atoms with van der Waals surface area (Å²) in [7, 11) is 0. The van der Waals surface area contributed by atoms with Crippen LogP contribution >= 0.6 is 11.6 Å². The summed E-state index contributed by atoms with van der Waals surface area (Å²) in [6, 6.07) is 9.76. The first-order chi connectivity index (χ1) is 10.1. The largest absolute Gasteiger partial charge is 0.326 e. The molecule has 2 aromatic rings. The summed E-state index contributed by atoms with van der Waals surface area (Å²) in [6.07, 6.45) is 0.410. The van der Waals surface area contributed by atoms with Gasteiger partial charge in [0, 0.05) is 17.8 Å². The van der Waals surface area contributed by atoms with Gasteiger partial charge in [-0.25, -0.2) is 0 Å². The Morgan fingerprint density at radius 1 is 1.00 bits per heavy atom. The molecule has 6 nitrogen and oxygen atoms in total. The summed E-state index contributed by atoms with van der Waals surface area (Å²) < 4.78 is 0. The topological polar surface area (TPSA) is 84.0 Å². The number of hydrogen-bond acceptors (Lipinski definition) is 4. The van der Waals surface area contributed by atoms with Gasteiger partial charge in [0.2, 0.25) is 5.91 Å². The molecule has 21 heavy (non-hydrogen) atoms. The molecule has 0 unspecified atom stereocenters. The summed E-state index contributed by atoms with van der Waals surface area (Å²) in [4.78, 5) is 23.2. The number of anilines is 2. The van der Waals surface area contributed by atoms with E-state index in [-0.39, 0.29) is 22.7 Å². The molecule has 0 aliphatic rings. The van der Waals surface area contributed by atoms with Gasteiger partial charge >= 0.3 is 0 Å². The fourth-order valence-electron chi connectivity index (χ4n) is 1.52. The normalized spacial score (nSPS) is 10.0. The van der Waals surface area contributed by atoms with Gasteiger partial charge in [0.15, 0.2) is 10.8 Å². The van der Waals surface area contributed by atoms with Crippen LogP contribution in [0, 0.1) is 0 Å². The van der Waals surface area contributed by atoms with Crippen LogP contribution in [0.5, 0.6) is 0 Å². The van der Waals surface area contributed by atoms with Crippen molar-refractivity contribution in [1.82, 2.24) is 10.2 Å². The van der Waals surface area contributed by atoms with E-state index in [1.54, 1.807) is 31.2 Å². The van der Waals surface area contributed by atoms with Crippen molar-refractivity contribution in [1.29, 1.82) is 0 Å². The van der Waals surface area contributed by atoms with E-state index in [2.05, 4.69) is 20.8 Å². The van der Waals surface area contributed by atoms with Crippen LogP contribution in [-0.2, 0) is 4.79 Å². The summed E-state index contributed by atoms with van der Waals surface area (Å²) >= 11 is 5.61. The van der Waals surface area contributed by atoms with E-state index < -0.39 is 0 Å². The van der Waals surface area contributed by atoms with Gasteiger partial charge in [-0.3, -0.25) is 9.59 Å². The molecule has 2 amide bonds. The molecule has 0 bridgehead atoms. The second-order valence-corrected chi connectivity index (χ2v) is 4.56. The molecule has 2 rings (SSSR count). The third kappa shape index (κ3) is 4.25. The Labute approximate surface area is 126 Å². The van der Waals surface area contributed by atoms with Crippen molar-refractivity contribution in [3.8, 4) is 0 Å². The van der Waals surface area contributed by atoms with E-state index in [1.165, 1.54) is 12.1 Å². The Kier molecular flexibility index (Phi) is 4.84. The molecule has 2 N–H and O–H groups in total. The van der Waals surface area contributed by atoms with Crippen LogP contribution in [0.2, 0.25) is 5.15 Å². The van der Waals surface area contributed by atoms with Crippen LogP contribution in [0.25, 0.3) is 0 Å². The number of halogens is 1. The average Bonchev–Trinajstić information content (AvgIpc) is 2.49. The quantitative estimate of drug-likeness (QED) is 0.909. The number of carbonyl (C=O) groups excluding carboxylic acids is 2. The van der Waals surface area contributed by atoms with E-state index in [0.717, 1.165) is 0 Å². The molecule has 7 heteroatoms. The molecule has 1 aromatic heterocycles. The van der Waals surface area contributed by atoms with Gasteiger partial charge in [-0.15, -0.1) is 10.2 Å². The lowest BCUT2D eigenvalue weighted by molar-refractivity contribution is -0.115. The van der Waals surface area contributed by atoms with Crippen LogP contribution in [0.3, 0.4) is 0 Å². The number of nitrogens with one attached hydrogen (secondary N) is 2. The second-order valence-electron chi connectivity index (χ2n) is 4.17. The highest BCUT2D eigenvalue weighted by Crippen LogP contribution is 2.14. The predicted octanol–water partition coefficient (Wildman–Crippen LogP) is 2.73.